The molecule has 1 aromatic carbocycles. The Morgan fingerprint density at radius 3 is 2.76 bits per heavy atom. The number of aromatic amines is 1. The number of nitrogens with zero attached hydrogens (tertiary/aromatic N) is 1. The average molecular weight is 408 g/mol. The highest BCUT2D eigenvalue weighted by atomic mass is 79.9. The fourth-order valence-electron chi connectivity index (χ4n) is 2.81. The van der Waals surface area contributed by atoms with E-state index in [2.05, 4.69) is 27.5 Å². The van der Waals surface area contributed by atoms with E-state index in [1.807, 2.05) is 0 Å². The van der Waals surface area contributed by atoms with Gasteiger partial charge in [0.15, 0.2) is 0 Å². The van der Waals surface area contributed by atoms with Crippen LogP contribution in [0.4, 0.5) is 11.4 Å². The summed E-state index contributed by atoms with van der Waals surface area (Å²) >= 11 is 3.32. The van der Waals surface area contributed by atoms with Crippen LogP contribution in [0.3, 0.4) is 0 Å². The van der Waals surface area contributed by atoms with Crippen LogP contribution < -0.4 is 5.73 Å². The third-order valence-corrected chi connectivity index (χ3v) is 4.86. The molecule has 7 nitrogen and oxygen atoms in total. The van der Waals surface area contributed by atoms with Crippen LogP contribution >= 0.6 is 15.9 Å². The topological polar surface area (TPSA) is 111 Å². The second-order valence-corrected chi connectivity index (χ2v) is 6.58. The number of aromatic nitrogens is 1. The number of ether oxygens (including phenoxy) is 1. The molecule has 1 unspecified atom stereocenters. The number of nitro groups is 1. The lowest BCUT2D eigenvalue weighted by molar-refractivity contribution is -0.384. The molecule has 0 aliphatic heterocycles. The van der Waals surface area contributed by atoms with Crippen molar-refractivity contribution in [2.24, 2.45) is 0 Å². The number of nitrogens with two attached hydrogens (primary N) is 1. The molecule has 132 valence electrons. The van der Waals surface area contributed by atoms with Crippen LogP contribution in [0, 0.1) is 10.1 Å². The van der Waals surface area contributed by atoms with Crippen molar-refractivity contribution in [3.05, 3.63) is 62.4 Å². The second kappa shape index (κ2) is 7.10. The minimum absolute atomic E-state index is 0.00443. The van der Waals surface area contributed by atoms with Gasteiger partial charge in [-0.25, -0.2) is 0 Å². The van der Waals surface area contributed by atoms with Crippen LogP contribution in [0.25, 0.3) is 6.08 Å². The minimum atomic E-state index is -1.10. The molecule has 1 atom stereocenters. The van der Waals surface area contributed by atoms with Crippen molar-refractivity contribution < 1.29 is 14.5 Å². The first-order valence-electron chi connectivity index (χ1n) is 7.36. The van der Waals surface area contributed by atoms with E-state index in [-0.39, 0.29) is 17.8 Å². The fraction of sp³-hybridized carbons (Fsp3) is 0.235. The van der Waals surface area contributed by atoms with Crippen molar-refractivity contribution in [3.63, 3.8) is 0 Å². The van der Waals surface area contributed by atoms with Gasteiger partial charge in [-0.05, 0) is 52.5 Å². The maximum absolute atomic E-state index is 12.5. The molecule has 0 amide bonds. The number of rotatable bonds is 6. The van der Waals surface area contributed by atoms with Crippen LogP contribution in [0.15, 0.2) is 35.4 Å². The highest BCUT2D eigenvalue weighted by Crippen LogP contribution is 2.39. The number of hydrogen-bond acceptors (Lipinski definition) is 5. The SMILES string of the molecule is C=Cc1c(Br)cc([N+](=O)[O-])c(N)c1CC(C)(C(=O)OC)c1ccc[nH]1. The summed E-state index contributed by atoms with van der Waals surface area (Å²) in [5, 5.41) is 11.3. The van der Waals surface area contributed by atoms with Crippen molar-refractivity contribution in [2.75, 3.05) is 12.8 Å². The molecule has 2 rings (SSSR count). The molecule has 0 saturated carbocycles. The summed E-state index contributed by atoms with van der Waals surface area (Å²) in [6.45, 7) is 5.44. The number of hydrogen-bond donors (Lipinski definition) is 2. The quantitative estimate of drug-likeness (QED) is 0.329. The van der Waals surface area contributed by atoms with Gasteiger partial charge in [0.1, 0.15) is 11.1 Å². The Kier molecular flexibility index (Phi) is 5.32. The van der Waals surface area contributed by atoms with Crippen molar-refractivity contribution in [1.82, 2.24) is 4.98 Å². The molecule has 0 radical (unpaired) electrons. The van der Waals surface area contributed by atoms with Crippen LogP contribution in [-0.4, -0.2) is 23.0 Å². The van der Waals surface area contributed by atoms with E-state index in [1.165, 1.54) is 13.2 Å². The summed E-state index contributed by atoms with van der Waals surface area (Å²) in [7, 11) is 1.30. The number of nitrogen functional groups attached to an aromatic ring is 1. The number of halogens is 1. The van der Waals surface area contributed by atoms with E-state index in [1.54, 1.807) is 31.3 Å². The summed E-state index contributed by atoms with van der Waals surface area (Å²) in [6, 6.07) is 4.85. The zero-order valence-corrected chi connectivity index (χ0v) is 15.4. The summed E-state index contributed by atoms with van der Waals surface area (Å²) in [4.78, 5) is 26.2. The normalized spacial score (nSPS) is 13.1. The summed E-state index contributed by atoms with van der Waals surface area (Å²) < 4.78 is 5.44. The molecule has 1 aromatic heterocycles. The number of anilines is 1. The zero-order valence-electron chi connectivity index (χ0n) is 13.8. The van der Waals surface area contributed by atoms with Crippen LogP contribution in [0.1, 0.15) is 23.7 Å². The van der Waals surface area contributed by atoms with E-state index in [4.69, 9.17) is 10.5 Å². The molecule has 8 heteroatoms. The van der Waals surface area contributed by atoms with E-state index < -0.39 is 16.3 Å². The molecular formula is C17H18BrN3O4. The lowest BCUT2D eigenvalue weighted by Gasteiger charge is -2.27. The molecule has 0 spiro atoms. The number of nitrogens with one attached hydrogen (secondary N) is 1. The fourth-order valence-corrected chi connectivity index (χ4v) is 3.43. The van der Waals surface area contributed by atoms with Crippen LogP contribution in [-0.2, 0) is 21.4 Å². The Labute approximate surface area is 153 Å². The monoisotopic (exact) mass is 407 g/mol. The van der Waals surface area contributed by atoms with Crippen molar-refractivity contribution in [3.8, 4) is 0 Å². The first-order chi connectivity index (χ1) is 11.8. The molecule has 0 aliphatic rings. The van der Waals surface area contributed by atoms with E-state index >= 15 is 0 Å². The molecule has 0 bridgehead atoms. The number of benzene rings is 1. The summed E-state index contributed by atoms with van der Waals surface area (Å²) in [5.74, 6) is -0.480. The van der Waals surface area contributed by atoms with Gasteiger partial charge in [-0.15, -0.1) is 0 Å². The van der Waals surface area contributed by atoms with Crippen LogP contribution in [0.2, 0.25) is 0 Å². The third kappa shape index (κ3) is 3.30. The number of H-pyrrole nitrogens is 1. The molecule has 0 fully saturated rings. The molecule has 0 saturated heterocycles. The van der Waals surface area contributed by atoms with Gasteiger partial charge in [-0.1, -0.05) is 12.7 Å². The van der Waals surface area contributed by atoms with Gasteiger partial charge in [0.2, 0.25) is 0 Å². The molecular weight excluding hydrogens is 390 g/mol. The molecule has 25 heavy (non-hydrogen) atoms. The lowest BCUT2D eigenvalue weighted by atomic mass is 9.78. The van der Waals surface area contributed by atoms with Crippen molar-refractivity contribution in [1.29, 1.82) is 0 Å². The number of nitro benzene ring substituents is 1. The summed E-state index contributed by atoms with van der Waals surface area (Å²) in [6.07, 6.45) is 3.34. The van der Waals surface area contributed by atoms with Crippen LogP contribution in [0.5, 0.6) is 0 Å². The highest BCUT2D eigenvalue weighted by Gasteiger charge is 2.39. The Hall–Kier alpha value is -2.61. The molecule has 0 aliphatic carbocycles. The van der Waals surface area contributed by atoms with E-state index in [9.17, 15) is 14.9 Å². The first kappa shape index (κ1) is 18.7. The predicted octanol–water partition coefficient (Wildman–Crippen LogP) is 3.58. The largest absolute Gasteiger partial charge is 0.468 e. The smallest absolute Gasteiger partial charge is 0.317 e. The van der Waals surface area contributed by atoms with Gasteiger partial charge < -0.3 is 15.5 Å². The van der Waals surface area contributed by atoms with Crippen molar-refractivity contribution >= 4 is 39.4 Å². The minimum Gasteiger partial charge on any atom is -0.468 e. The number of carbonyl (C=O) groups excluding carboxylic acids is 1. The summed E-state index contributed by atoms with van der Waals surface area (Å²) in [5.41, 5.74) is 6.42. The van der Waals surface area contributed by atoms with Gasteiger partial charge in [0.05, 0.1) is 12.0 Å². The van der Waals surface area contributed by atoms with Gasteiger partial charge in [0.25, 0.3) is 5.69 Å². The van der Waals surface area contributed by atoms with E-state index in [0.717, 1.165) is 0 Å². The third-order valence-electron chi connectivity index (χ3n) is 4.21. The van der Waals surface area contributed by atoms with Gasteiger partial charge in [-0.2, -0.15) is 0 Å². The molecule has 2 aromatic rings. The standard InChI is InChI=1S/C17H18BrN3O4/c1-4-10-11(15(19)13(21(23)24)8-12(10)18)9-17(2,16(22)25-3)14-6-5-7-20-14/h4-8,20H,1,9,19H2,2-3H3. The lowest BCUT2D eigenvalue weighted by Crippen LogP contribution is -2.37. The Balaban J connectivity index is 2.69. The predicted molar refractivity (Wildman–Crippen MR) is 99.2 cm³/mol. The maximum atomic E-state index is 12.5. The van der Waals surface area contributed by atoms with Gasteiger partial charge in [-0.3, -0.25) is 14.9 Å². The Bertz CT molecular complexity index is 833. The Morgan fingerprint density at radius 2 is 2.28 bits per heavy atom. The first-order valence-corrected chi connectivity index (χ1v) is 8.15. The second-order valence-electron chi connectivity index (χ2n) is 5.73. The van der Waals surface area contributed by atoms with Crippen molar-refractivity contribution in [2.45, 2.75) is 18.8 Å². The maximum Gasteiger partial charge on any atom is 0.317 e. The van der Waals surface area contributed by atoms with Gasteiger partial charge >= 0.3 is 5.97 Å². The zero-order chi connectivity index (χ0) is 18.8. The number of carbonyl (C=O) groups is 1. The highest BCUT2D eigenvalue weighted by molar-refractivity contribution is 9.10. The number of esters is 1. The number of methoxy groups -OCH3 is 1. The molecule has 3 N–H and O–H groups in total. The molecule has 1 heterocycles. The van der Waals surface area contributed by atoms with E-state index in [0.29, 0.717) is 21.3 Å². The Morgan fingerprint density at radius 1 is 1.60 bits per heavy atom. The van der Waals surface area contributed by atoms with Gasteiger partial charge in [0, 0.05) is 22.4 Å². The average Bonchev–Trinajstić information content (AvgIpc) is 3.12.